The van der Waals surface area contributed by atoms with Gasteiger partial charge in [-0.05, 0) is 58.8 Å². The lowest BCUT2D eigenvalue weighted by atomic mass is 10.1. The Balaban J connectivity index is 0.00000312. The van der Waals surface area contributed by atoms with Gasteiger partial charge < -0.3 is 15.4 Å². The SMILES string of the molecule is CN=C(NCCCc1cccc(OC)c1)NCC(C)c1ccsc1.I. The highest BCUT2D eigenvalue weighted by Crippen LogP contribution is 2.17. The summed E-state index contributed by atoms with van der Waals surface area (Å²) in [6.07, 6.45) is 2.07. The van der Waals surface area contributed by atoms with E-state index >= 15 is 0 Å². The van der Waals surface area contributed by atoms with Crippen LogP contribution < -0.4 is 15.4 Å². The quantitative estimate of drug-likeness (QED) is 0.261. The number of guanidine groups is 1. The van der Waals surface area contributed by atoms with Crippen LogP contribution in [0, 0.1) is 0 Å². The fraction of sp³-hybridized carbons (Fsp3) is 0.421. The van der Waals surface area contributed by atoms with Gasteiger partial charge in [0.15, 0.2) is 5.96 Å². The van der Waals surface area contributed by atoms with Gasteiger partial charge in [0, 0.05) is 20.1 Å². The summed E-state index contributed by atoms with van der Waals surface area (Å²) < 4.78 is 5.26. The number of aliphatic imine (C=N–C) groups is 1. The third-order valence-electron chi connectivity index (χ3n) is 3.98. The van der Waals surface area contributed by atoms with Crippen LogP contribution in [0.25, 0.3) is 0 Å². The van der Waals surface area contributed by atoms with Crippen molar-refractivity contribution >= 4 is 41.3 Å². The Bertz CT molecular complexity index is 631. The van der Waals surface area contributed by atoms with Crippen molar-refractivity contribution in [1.29, 1.82) is 0 Å². The van der Waals surface area contributed by atoms with Gasteiger partial charge in [-0.25, -0.2) is 0 Å². The summed E-state index contributed by atoms with van der Waals surface area (Å²) in [5.41, 5.74) is 2.67. The lowest BCUT2D eigenvalue weighted by molar-refractivity contribution is 0.414. The van der Waals surface area contributed by atoms with E-state index in [1.54, 1.807) is 18.4 Å². The molecule has 0 saturated carbocycles. The number of rotatable bonds is 8. The molecule has 0 amide bonds. The summed E-state index contributed by atoms with van der Waals surface area (Å²) in [7, 11) is 3.51. The fourth-order valence-electron chi connectivity index (χ4n) is 2.47. The number of hydrogen-bond donors (Lipinski definition) is 2. The van der Waals surface area contributed by atoms with E-state index in [9.17, 15) is 0 Å². The first-order valence-electron chi connectivity index (χ1n) is 8.32. The maximum Gasteiger partial charge on any atom is 0.190 e. The van der Waals surface area contributed by atoms with Gasteiger partial charge in [-0.2, -0.15) is 11.3 Å². The van der Waals surface area contributed by atoms with Gasteiger partial charge >= 0.3 is 0 Å². The second kappa shape index (κ2) is 12.1. The molecule has 1 heterocycles. The van der Waals surface area contributed by atoms with E-state index in [4.69, 9.17) is 4.74 Å². The molecule has 0 aliphatic rings. The van der Waals surface area contributed by atoms with E-state index in [0.717, 1.165) is 37.6 Å². The number of halogens is 1. The Morgan fingerprint density at radius 1 is 1.28 bits per heavy atom. The lowest BCUT2D eigenvalue weighted by Gasteiger charge is -2.15. The van der Waals surface area contributed by atoms with Crippen molar-refractivity contribution in [3.05, 3.63) is 52.2 Å². The standard InChI is InChI=1S/C19H27N3OS.HI/c1-15(17-9-11-24-14-17)13-22-19(20-2)21-10-5-7-16-6-4-8-18(12-16)23-3;/h4,6,8-9,11-12,14-15H,5,7,10,13H2,1-3H3,(H2,20,21,22);1H. The van der Waals surface area contributed by atoms with E-state index < -0.39 is 0 Å². The predicted molar refractivity (Wildman–Crippen MR) is 119 cm³/mol. The molecule has 0 fully saturated rings. The average molecular weight is 473 g/mol. The zero-order valence-corrected chi connectivity index (χ0v) is 18.3. The summed E-state index contributed by atoms with van der Waals surface area (Å²) >= 11 is 1.74. The molecule has 0 spiro atoms. The van der Waals surface area contributed by atoms with Crippen molar-refractivity contribution in [1.82, 2.24) is 10.6 Å². The van der Waals surface area contributed by atoms with E-state index in [1.807, 2.05) is 19.2 Å². The smallest absolute Gasteiger partial charge is 0.190 e. The molecule has 2 aromatic rings. The molecule has 1 unspecified atom stereocenters. The molecule has 0 saturated heterocycles. The van der Waals surface area contributed by atoms with Gasteiger partial charge in [-0.1, -0.05) is 19.1 Å². The molecule has 0 aliphatic heterocycles. The van der Waals surface area contributed by atoms with E-state index in [-0.39, 0.29) is 24.0 Å². The molecule has 2 N–H and O–H groups in total. The summed E-state index contributed by atoms with van der Waals surface area (Å²) in [6, 6.07) is 10.4. The van der Waals surface area contributed by atoms with Crippen molar-refractivity contribution in [2.75, 3.05) is 27.2 Å². The van der Waals surface area contributed by atoms with Crippen LogP contribution in [0.4, 0.5) is 0 Å². The highest BCUT2D eigenvalue weighted by molar-refractivity contribution is 14.0. The van der Waals surface area contributed by atoms with E-state index in [1.165, 1.54) is 11.1 Å². The van der Waals surface area contributed by atoms with Crippen LogP contribution in [0.2, 0.25) is 0 Å². The number of hydrogen-bond acceptors (Lipinski definition) is 3. The van der Waals surface area contributed by atoms with Crippen LogP contribution in [-0.2, 0) is 6.42 Å². The molecular weight excluding hydrogens is 445 g/mol. The van der Waals surface area contributed by atoms with Crippen molar-refractivity contribution in [2.45, 2.75) is 25.7 Å². The highest BCUT2D eigenvalue weighted by Gasteiger charge is 2.06. The zero-order chi connectivity index (χ0) is 17.2. The molecule has 0 bridgehead atoms. The number of thiophene rings is 1. The second-order valence-electron chi connectivity index (χ2n) is 5.79. The lowest BCUT2D eigenvalue weighted by Crippen LogP contribution is -2.39. The van der Waals surface area contributed by atoms with Crippen LogP contribution in [0.3, 0.4) is 0 Å². The number of benzene rings is 1. The minimum atomic E-state index is 0. The maximum absolute atomic E-state index is 5.26. The minimum Gasteiger partial charge on any atom is -0.497 e. The number of ether oxygens (including phenoxy) is 1. The number of nitrogens with zero attached hydrogens (tertiary/aromatic N) is 1. The zero-order valence-electron chi connectivity index (χ0n) is 15.1. The Labute approximate surface area is 172 Å². The third-order valence-corrected chi connectivity index (χ3v) is 4.68. The molecule has 0 radical (unpaired) electrons. The minimum absolute atomic E-state index is 0. The molecule has 2 rings (SSSR count). The monoisotopic (exact) mass is 473 g/mol. The Morgan fingerprint density at radius 3 is 2.80 bits per heavy atom. The first kappa shape index (κ1) is 21.8. The number of methoxy groups -OCH3 is 1. The highest BCUT2D eigenvalue weighted by atomic mass is 127. The van der Waals surface area contributed by atoms with E-state index in [2.05, 4.69) is 51.5 Å². The molecule has 138 valence electrons. The summed E-state index contributed by atoms with van der Waals surface area (Å²) in [5.74, 6) is 2.26. The summed E-state index contributed by atoms with van der Waals surface area (Å²) in [6.45, 7) is 4.00. The van der Waals surface area contributed by atoms with E-state index in [0.29, 0.717) is 5.92 Å². The molecule has 1 atom stereocenters. The van der Waals surface area contributed by atoms with Gasteiger partial charge in [-0.3, -0.25) is 4.99 Å². The van der Waals surface area contributed by atoms with Crippen LogP contribution in [0.1, 0.15) is 30.4 Å². The topological polar surface area (TPSA) is 45.7 Å². The van der Waals surface area contributed by atoms with Crippen molar-refractivity contribution < 1.29 is 4.74 Å². The normalized spacial score (nSPS) is 12.2. The van der Waals surface area contributed by atoms with Gasteiger partial charge in [0.25, 0.3) is 0 Å². The first-order valence-corrected chi connectivity index (χ1v) is 9.26. The molecule has 6 heteroatoms. The van der Waals surface area contributed by atoms with Crippen molar-refractivity contribution in [3.63, 3.8) is 0 Å². The van der Waals surface area contributed by atoms with Crippen LogP contribution in [-0.4, -0.2) is 33.2 Å². The summed E-state index contributed by atoms with van der Waals surface area (Å²) in [4.78, 5) is 4.29. The molecular formula is C19H28IN3OS. The molecule has 1 aromatic heterocycles. The molecule has 1 aromatic carbocycles. The molecule has 0 aliphatic carbocycles. The predicted octanol–water partition coefficient (Wildman–Crippen LogP) is 4.28. The average Bonchev–Trinajstić information content (AvgIpc) is 3.16. The van der Waals surface area contributed by atoms with Gasteiger partial charge in [0.2, 0.25) is 0 Å². The Morgan fingerprint density at radius 2 is 2.12 bits per heavy atom. The molecule has 25 heavy (non-hydrogen) atoms. The largest absolute Gasteiger partial charge is 0.497 e. The number of nitrogens with one attached hydrogen (secondary N) is 2. The van der Waals surface area contributed by atoms with Crippen LogP contribution in [0.15, 0.2) is 46.1 Å². The Hall–Kier alpha value is -1.28. The van der Waals surface area contributed by atoms with Crippen LogP contribution >= 0.6 is 35.3 Å². The second-order valence-corrected chi connectivity index (χ2v) is 6.57. The first-order chi connectivity index (χ1) is 11.7. The fourth-order valence-corrected chi connectivity index (χ4v) is 3.25. The number of aryl methyl sites for hydroxylation is 1. The van der Waals surface area contributed by atoms with Gasteiger partial charge in [0.05, 0.1) is 7.11 Å². The Kier molecular flexibility index (Phi) is 10.6. The maximum atomic E-state index is 5.26. The van der Waals surface area contributed by atoms with Gasteiger partial charge in [0.1, 0.15) is 5.75 Å². The van der Waals surface area contributed by atoms with Crippen LogP contribution in [0.5, 0.6) is 5.75 Å². The van der Waals surface area contributed by atoms with Crippen molar-refractivity contribution in [2.24, 2.45) is 4.99 Å². The third kappa shape index (κ3) is 7.64. The van der Waals surface area contributed by atoms with Gasteiger partial charge in [-0.15, -0.1) is 24.0 Å². The summed E-state index contributed by atoms with van der Waals surface area (Å²) in [5, 5.41) is 11.1. The van der Waals surface area contributed by atoms with Crippen molar-refractivity contribution in [3.8, 4) is 5.75 Å². The molecule has 4 nitrogen and oxygen atoms in total.